The number of terminal acetylenes is 1. The number of nitrogens with one attached hydrogen (secondary N) is 1. The van der Waals surface area contributed by atoms with Crippen molar-refractivity contribution in [2.45, 2.75) is 57.9 Å². The van der Waals surface area contributed by atoms with E-state index in [1.807, 2.05) is 13.8 Å². The molecule has 1 unspecified atom stereocenters. The molecule has 0 aromatic rings. The number of rotatable bonds is 11. The highest BCUT2D eigenvalue weighted by atomic mass is 28.3. The number of ether oxygens (including phenoxy) is 4. The fourth-order valence-electron chi connectivity index (χ4n) is 1.94. The molecule has 0 aromatic heterocycles. The maximum Gasteiger partial charge on any atom is 0.407 e. The maximum atomic E-state index is 11.6. The van der Waals surface area contributed by atoms with E-state index in [2.05, 4.69) is 67.5 Å². The van der Waals surface area contributed by atoms with Crippen LogP contribution in [0.5, 0.6) is 0 Å². The second-order valence-electron chi connectivity index (χ2n) is 8.39. The molecule has 0 spiro atoms. The van der Waals surface area contributed by atoms with Gasteiger partial charge >= 0.3 is 12.1 Å². The summed E-state index contributed by atoms with van der Waals surface area (Å²) in [5.74, 6) is 7.64. The molecule has 176 valence electrons. The van der Waals surface area contributed by atoms with Gasteiger partial charge in [-0.15, -0.1) is 12.0 Å². The number of carbonyl (C=O) groups is 2. The molecule has 0 rings (SSSR count). The summed E-state index contributed by atoms with van der Waals surface area (Å²) in [7, 11) is -3.34. The molecule has 0 aliphatic heterocycles. The van der Waals surface area contributed by atoms with E-state index in [1.54, 1.807) is 6.92 Å². The van der Waals surface area contributed by atoms with Crippen molar-refractivity contribution >= 4 is 28.9 Å². The Morgan fingerprint density at radius 1 is 1.19 bits per heavy atom. The van der Waals surface area contributed by atoms with E-state index >= 15 is 0 Å². The normalized spacial score (nSPS) is 11.6. The molecule has 1 N–H and O–H groups in total. The van der Waals surface area contributed by atoms with Gasteiger partial charge in [-0.2, -0.15) is 0 Å². The first-order chi connectivity index (χ1) is 14.8. The quantitative estimate of drug-likeness (QED) is 0.162. The second-order valence-corrected chi connectivity index (χ2v) is 16.2. The molecule has 1 amide bonds. The highest BCUT2D eigenvalue weighted by molar-refractivity contribution is 6.87. The lowest BCUT2D eigenvalue weighted by molar-refractivity contribution is -0.138. The van der Waals surface area contributed by atoms with Crippen LogP contribution in [0.4, 0.5) is 4.79 Å². The van der Waals surface area contributed by atoms with Gasteiger partial charge in [-0.05, 0) is 38.5 Å². The van der Waals surface area contributed by atoms with Crippen LogP contribution in [-0.2, 0) is 23.7 Å². The Morgan fingerprint density at radius 2 is 1.84 bits per heavy atom. The van der Waals surface area contributed by atoms with Gasteiger partial charge < -0.3 is 24.3 Å². The molecule has 7 nitrogen and oxygen atoms in total. The van der Waals surface area contributed by atoms with Crippen LogP contribution in [0.1, 0.15) is 20.8 Å². The zero-order chi connectivity index (χ0) is 24.8. The predicted octanol–water partition coefficient (Wildman–Crippen LogP) is 2.42. The molecule has 0 heterocycles. The van der Waals surface area contributed by atoms with Crippen molar-refractivity contribution < 1.29 is 28.5 Å². The molecule has 0 aromatic carbocycles. The number of carbonyl (C=O) groups excluding carboxylic acids is 2. The predicted molar refractivity (Wildman–Crippen MR) is 131 cm³/mol. The summed E-state index contributed by atoms with van der Waals surface area (Å²) in [6, 6.07) is 0. The fraction of sp³-hybridized carbons (Fsp3) is 0.565. The van der Waals surface area contributed by atoms with Crippen molar-refractivity contribution in [3.8, 4) is 35.8 Å². The Kier molecular flexibility index (Phi) is 13.2. The van der Waals surface area contributed by atoms with Crippen LogP contribution < -0.4 is 5.32 Å². The maximum absolute atomic E-state index is 11.6. The highest BCUT2D eigenvalue weighted by Crippen LogP contribution is 2.25. The number of hydrogen-bond acceptors (Lipinski definition) is 6. The van der Waals surface area contributed by atoms with E-state index < -0.39 is 34.2 Å². The van der Waals surface area contributed by atoms with Gasteiger partial charge in [0, 0.05) is 5.57 Å². The Bertz CT molecular complexity index is 821. The van der Waals surface area contributed by atoms with Crippen LogP contribution >= 0.6 is 0 Å². The van der Waals surface area contributed by atoms with Crippen molar-refractivity contribution in [1.82, 2.24) is 5.32 Å². The molecular formula is C23H35NO6Si2. The average molecular weight is 478 g/mol. The SMILES string of the molecule is C#CC#C[Si](C)(C)C(C)(C)OC(C#COCCOC(=O)NCCOC(=O)C(=C)C)[SiH](C)C. The average Bonchev–Trinajstić information content (AvgIpc) is 2.70. The van der Waals surface area contributed by atoms with E-state index in [1.165, 1.54) is 0 Å². The lowest BCUT2D eigenvalue weighted by Gasteiger charge is -2.38. The van der Waals surface area contributed by atoms with Crippen molar-refractivity contribution in [1.29, 1.82) is 0 Å². The van der Waals surface area contributed by atoms with Gasteiger partial charge in [-0.25, -0.2) is 9.59 Å². The third kappa shape index (κ3) is 11.7. The highest BCUT2D eigenvalue weighted by Gasteiger charge is 2.41. The van der Waals surface area contributed by atoms with Gasteiger partial charge in [0.05, 0.1) is 20.6 Å². The summed E-state index contributed by atoms with van der Waals surface area (Å²) in [4.78, 5) is 22.8. The number of alkyl carbamates (subject to hydrolysis) is 1. The third-order valence-corrected chi connectivity index (χ3v) is 10.0. The van der Waals surface area contributed by atoms with Gasteiger partial charge in [0.1, 0.15) is 31.7 Å². The molecule has 32 heavy (non-hydrogen) atoms. The molecule has 0 aliphatic rings. The Balaban J connectivity index is 4.44. The Labute approximate surface area is 195 Å². The smallest absolute Gasteiger partial charge is 0.407 e. The van der Waals surface area contributed by atoms with Gasteiger partial charge in [-0.1, -0.05) is 32.8 Å². The summed E-state index contributed by atoms with van der Waals surface area (Å²) >= 11 is 0. The standard InChI is InChI=1S/C23H35NO6Si2/c1-10-11-18-32(8,9)23(4,5)30-20(31(6)7)12-14-27-16-17-29-22(26)24-13-15-28-21(25)19(2)3/h1,20,31H,2,13,15-17H2,3-9H3,(H,24,26). The van der Waals surface area contributed by atoms with E-state index in [-0.39, 0.29) is 32.1 Å². The molecule has 0 radical (unpaired) electrons. The summed E-state index contributed by atoms with van der Waals surface area (Å²) in [5, 5.41) is 2.02. The first kappa shape index (κ1) is 29.4. The van der Waals surface area contributed by atoms with E-state index in [0.29, 0.717) is 5.57 Å². The van der Waals surface area contributed by atoms with Crippen LogP contribution in [0.15, 0.2) is 12.2 Å². The molecule has 1 atom stereocenters. The molecule has 0 saturated heterocycles. The van der Waals surface area contributed by atoms with Crippen molar-refractivity contribution in [3.05, 3.63) is 12.2 Å². The van der Waals surface area contributed by atoms with E-state index in [0.717, 1.165) is 0 Å². The number of esters is 1. The summed E-state index contributed by atoms with van der Waals surface area (Å²) < 4.78 is 21.4. The minimum atomic E-state index is -2.07. The molecule has 0 fully saturated rings. The molecule has 0 aliphatic carbocycles. The first-order valence-electron chi connectivity index (χ1n) is 10.3. The molecule has 0 bridgehead atoms. The Hall–Kier alpha value is -2.65. The lowest BCUT2D eigenvalue weighted by Crippen LogP contribution is -2.54. The van der Waals surface area contributed by atoms with Crippen molar-refractivity contribution in [2.24, 2.45) is 0 Å². The van der Waals surface area contributed by atoms with Crippen LogP contribution in [0.25, 0.3) is 0 Å². The fourth-order valence-corrected chi connectivity index (χ4v) is 4.19. The van der Waals surface area contributed by atoms with Gasteiger partial charge in [0.2, 0.25) is 0 Å². The zero-order valence-corrected chi connectivity index (χ0v) is 22.4. The van der Waals surface area contributed by atoms with E-state index in [9.17, 15) is 9.59 Å². The van der Waals surface area contributed by atoms with Crippen LogP contribution in [0.2, 0.25) is 26.2 Å². The summed E-state index contributed by atoms with van der Waals surface area (Å²) in [6.07, 6.45) is 7.30. The summed E-state index contributed by atoms with van der Waals surface area (Å²) in [6.45, 7) is 17.9. The Morgan fingerprint density at radius 3 is 2.41 bits per heavy atom. The second kappa shape index (κ2) is 14.4. The lowest BCUT2D eigenvalue weighted by atomic mass is 10.4. The summed E-state index contributed by atoms with van der Waals surface area (Å²) in [5.41, 5.74) is 3.28. The minimum absolute atomic E-state index is 0.0316. The van der Waals surface area contributed by atoms with Crippen LogP contribution in [0, 0.1) is 35.8 Å². The number of amides is 1. The topological polar surface area (TPSA) is 83.1 Å². The van der Waals surface area contributed by atoms with Gasteiger partial charge in [0.15, 0.2) is 8.07 Å². The number of hydrogen-bond donors (Lipinski definition) is 1. The monoisotopic (exact) mass is 477 g/mol. The van der Waals surface area contributed by atoms with Crippen LogP contribution in [-0.4, -0.2) is 66.3 Å². The first-order valence-corrected chi connectivity index (χ1v) is 16.3. The largest absolute Gasteiger partial charge is 0.460 e. The zero-order valence-electron chi connectivity index (χ0n) is 20.2. The van der Waals surface area contributed by atoms with Crippen LogP contribution in [0.3, 0.4) is 0 Å². The molecular weight excluding hydrogens is 442 g/mol. The molecule has 0 saturated carbocycles. The van der Waals surface area contributed by atoms with Crippen molar-refractivity contribution in [3.63, 3.8) is 0 Å². The van der Waals surface area contributed by atoms with E-state index in [4.69, 9.17) is 25.4 Å². The van der Waals surface area contributed by atoms with Crippen molar-refractivity contribution in [2.75, 3.05) is 26.4 Å². The molecule has 9 heteroatoms. The third-order valence-electron chi connectivity index (χ3n) is 4.62. The minimum Gasteiger partial charge on any atom is -0.460 e. The van der Waals surface area contributed by atoms with Gasteiger partial charge in [0.25, 0.3) is 0 Å². The van der Waals surface area contributed by atoms with Gasteiger partial charge in [-0.3, -0.25) is 0 Å².